The van der Waals surface area contributed by atoms with Crippen molar-refractivity contribution in [2.24, 2.45) is 0 Å². The van der Waals surface area contributed by atoms with E-state index in [1.165, 1.54) is 5.56 Å². The number of carbonyl (C=O) groups is 1. The summed E-state index contributed by atoms with van der Waals surface area (Å²) in [5.74, 6) is 0.855. The lowest BCUT2D eigenvalue weighted by Gasteiger charge is -2.26. The van der Waals surface area contributed by atoms with Gasteiger partial charge < -0.3 is 15.0 Å². The Morgan fingerprint density at radius 2 is 1.91 bits per heavy atom. The summed E-state index contributed by atoms with van der Waals surface area (Å²) >= 11 is 1.58. The fourth-order valence-corrected chi connectivity index (χ4v) is 4.79. The Kier molecular flexibility index (Phi) is 6.76. The van der Waals surface area contributed by atoms with E-state index in [1.54, 1.807) is 11.3 Å². The molecule has 0 aliphatic carbocycles. The minimum atomic E-state index is -0.0242. The quantitative estimate of drug-likeness (QED) is 0.420. The molecule has 1 saturated heterocycles. The van der Waals surface area contributed by atoms with Crippen molar-refractivity contribution in [3.8, 4) is 10.6 Å². The number of nitrogens with one attached hydrogen (secondary N) is 2. The van der Waals surface area contributed by atoms with Crippen molar-refractivity contribution in [2.45, 2.75) is 19.4 Å². The molecule has 0 unspecified atom stereocenters. The number of hydrogen-bond acceptors (Lipinski definition) is 6. The second-order valence-electron chi connectivity index (χ2n) is 8.21. The van der Waals surface area contributed by atoms with Gasteiger partial charge in [0.1, 0.15) is 10.8 Å². The second kappa shape index (κ2) is 10.2. The zero-order chi connectivity index (χ0) is 22.5. The molecular weight excluding hydrogens is 434 g/mol. The third-order valence-electron chi connectivity index (χ3n) is 5.73. The number of para-hydroxylation sites is 2. The number of carbonyl (C=O) groups excluding carboxylic acids is 1. The highest BCUT2D eigenvalue weighted by Crippen LogP contribution is 2.24. The van der Waals surface area contributed by atoms with Crippen LogP contribution in [0.25, 0.3) is 21.6 Å². The highest BCUT2D eigenvalue weighted by atomic mass is 32.1. The van der Waals surface area contributed by atoms with Crippen LogP contribution in [0.1, 0.15) is 17.1 Å². The molecule has 0 atom stereocenters. The highest BCUT2D eigenvalue weighted by molar-refractivity contribution is 7.13. The summed E-state index contributed by atoms with van der Waals surface area (Å²) in [5.41, 5.74) is 5.14. The van der Waals surface area contributed by atoms with Gasteiger partial charge in [-0.3, -0.25) is 9.69 Å². The summed E-state index contributed by atoms with van der Waals surface area (Å²) in [4.78, 5) is 27.3. The molecule has 3 heterocycles. The van der Waals surface area contributed by atoms with Gasteiger partial charge in [-0.25, -0.2) is 9.97 Å². The molecule has 0 bridgehead atoms. The van der Waals surface area contributed by atoms with Gasteiger partial charge in [0.25, 0.3) is 0 Å². The van der Waals surface area contributed by atoms with Crippen molar-refractivity contribution >= 4 is 28.3 Å². The van der Waals surface area contributed by atoms with E-state index < -0.39 is 0 Å². The van der Waals surface area contributed by atoms with Crippen LogP contribution < -0.4 is 5.32 Å². The van der Waals surface area contributed by atoms with Crippen LogP contribution in [0.5, 0.6) is 0 Å². The van der Waals surface area contributed by atoms with Gasteiger partial charge in [0.15, 0.2) is 0 Å². The van der Waals surface area contributed by atoms with Gasteiger partial charge in [-0.1, -0.05) is 36.4 Å². The van der Waals surface area contributed by atoms with E-state index >= 15 is 0 Å². The van der Waals surface area contributed by atoms with Crippen LogP contribution in [-0.2, 0) is 28.9 Å². The molecule has 4 aromatic rings. The lowest BCUT2D eigenvalue weighted by molar-refractivity contribution is -0.120. The number of aromatic amines is 1. The van der Waals surface area contributed by atoms with Crippen molar-refractivity contribution in [1.29, 1.82) is 0 Å². The first-order chi connectivity index (χ1) is 16.2. The van der Waals surface area contributed by atoms with Crippen molar-refractivity contribution < 1.29 is 9.53 Å². The SMILES string of the molecule is O=C(Cc1csc(-c2ccc(CN3CCOCC3)cc2)n1)NCCc1nc2ccccc2[nH]1. The van der Waals surface area contributed by atoms with Gasteiger partial charge in [0.2, 0.25) is 5.91 Å². The second-order valence-corrected chi connectivity index (χ2v) is 9.06. The summed E-state index contributed by atoms with van der Waals surface area (Å²) < 4.78 is 5.42. The Bertz CT molecular complexity index is 1180. The van der Waals surface area contributed by atoms with E-state index in [1.807, 2.05) is 29.6 Å². The zero-order valence-corrected chi connectivity index (χ0v) is 19.2. The average Bonchev–Trinajstić information content (AvgIpc) is 3.47. The van der Waals surface area contributed by atoms with E-state index in [0.29, 0.717) is 13.0 Å². The third-order valence-corrected chi connectivity index (χ3v) is 6.67. The molecule has 1 aliphatic heterocycles. The maximum atomic E-state index is 12.4. The summed E-state index contributed by atoms with van der Waals surface area (Å²) in [7, 11) is 0. The number of morpholine rings is 1. The number of imidazole rings is 1. The van der Waals surface area contributed by atoms with Crippen LogP contribution in [-0.4, -0.2) is 58.6 Å². The summed E-state index contributed by atoms with van der Waals surface area (Å²) in [6.07, 6.45) is 0.950. The zero-order valence-electron chi connectivity index (χ0n) is 18.4. The Balaban J connectivity index is 1.10. The number of nitrogens with zero attached hydrogens (tertiary/aromatic N) is 3. The van der Waals surface area contributed by atoms with E-state index in [9.17, 15) is 4.79 Å². The largest absolute Gasteiger partial charge is 0.379 e. The van der Waals surface area contributed by atoms with Crippen molar-refractivity contribution in [3.05, 3.63) is 71.0 Å². The minimum Gasteiger partial charge on any atom is -0.379 e. The molecule has 33 heavy (non-hydrogen) atoms. The number of amides is 1. The Morgan fingerprint density at radius 3 is 2.73 bits per heavy atom. The highest BCUT2D eigenvalue weighted by Gasteiger charge is 2.12. The summed E-state index contributed by atoms with van der Waals surface area (Å²) in [5, 5.41) is 5.88. The monoisotopic (exact) mass is 461 g/mol. The van der Waals surface area contributed by atoms with Crippen LogP contribution in [0, 0.1) is 0 Å². The van der Waals surface area contributed by atoms with E-state index in [4.69, 9.17) is 4.74 Å². The Labute approximate surface area is 196 Å². The van der Waals surface area contributed by atoms with Crippen LogP contribution in [0.15, 0.2) is 53.9 Å². The fourth-order valence-electron chi connectivity index (χ4n) is 3.96. The number of hydrogen-bond donors (Lipinski definition) is 2. The molecule has 7 nitrogen and oxygen atoms in total. The van der Waals surface area contributed by atoms with Crippen LogP contribution in [0.2, 0.25) is 0 Å². The third kappa shape index (κ3) is 5.65. The molecule has 5 rings (SSSR count). The minimum absolute atomic E-state index is 0.0242. The number of fused-ring (bicyclic) bond motifs is 1. The standard InChI is InChI=1S/C25H27N5O2S/c31-24(26-10-9-23-28-21-3-1-2-4-22(21)29-23)15-20-17-33-25(27-20)19-7-5-18(6-8-19)16-30-11-13-32-14-12-30/h1-8,17H,9-16H2,(H,26,31)(H,28,29). The maximum Gasteiger partial charge on any atom is 0.226 e. The number of aromatic nitrogens is 3. The molecule has 0 spiro atoms. The lowest BCUT2D eigenvalue weighted by Crippen LogP contribution is -2.35. The van der Waals surface area contributed by atoms with Crippen LogP contribution in [0.3, 0.4) is 0 Å². The smallest absolute Gasteiger partial charge is 0.226 e. The predicted octanol–water partition coefficient (Wildman–Crippen LogP) is 3.42. The molecule has 170 valence electrons. The van der Waals surface area contributed by atoms with Crippen molar-refractivity contribution in [3.63, 3.8) is 0 Å². The Morgan fingerprint density at radius 1 is 1.09 bits per heavy atom. The number of thiazole rings is 1. The predicted molar refractivity (Wildman–Crippen MR) is 130 cm³/mol. The van der Waals surface area contributed by atoms with Gasteiger partial charge in [0, 0.05) is 43.5 Å². The summed E-state index contributed by atoms with van der Waals surface area (Å²) in [6.45, 7) is 5.08. The van der Waals surface area contributed by atoms with Crippen LogP contribution >= 0.6 is 11.3 Å². The van der Waals surface area contributed by atoms with Gasteiger partial charge in [-0.15, -0.1) is 11.3 Å². The van der Waals surface area contributed by atoms with E-state index in [0.717, 1.165) is 66.0 Å². The first-order valence-electron chi connectivity index (χ1n) is 11.3. The molecule has 1 aliphatic rings. The molecule has 1 amide bonds. The first-order valence-corrected chi connectivity index (χ1v) is 12.1. The van der Waals surface area contributed by atoms with Crippen molar-refractivity contribution in [1.82, 2.24) is 25.2 Å². The number of ether oxygens (including phenoxy) is 1. The van der Waals surface area contributed by atoms with Crippen molar-refractivity contribution in [2.75, 3.05) is 32.8 Å². The topological polar surface area (TPSA) is 83.1 Å². The molecule has 8 heteroatoms. The summed E-state index contributed by atoms with van der Waals surface area (Å²) in [6, 6.07) is 16.5. The average molecular weight is 462 g/mol. The van der Waals surface area contributed by atoms with E-state index in [-0.39, 0.29) is 12.3 Å². The maximum absolute atomic E-state index is 12.4. The number of rotatable bonds is 8. The lowest BCUT2D eigenvalue weighted by atomic mass is 10.1. The van der Waals surface area contributed by atoms with E-state index in [2.05, 4.69) is 49.4 Å². The van der Waals surface area contributed by atoms with Gasteiger partial charge in [-0.2, -0.15) is 0 Å². The molecule has 2 aromatic carbocycles. The molecule has 0 radical (unpaired) electrons. The normalized spacial score (nSPS) is 14.5. The van der Waals surface area contributed by atoms with Gasteiger partial charge in [0.05, 0.1) is 36.4 Å². The molecule has 0 saturated carbocycles. The number of benzene rings is 2. The molecule has 1 fully saturated rings. The molecule has 2 aromatic heterocycles. The van der Waals surface area contributed by atoms with Gasteiger partial charge >= 0.3 is 0 Å². The first kappa shape index (κ1) is 21.8. The molecular formula is C25H27N5O2S. The number of H-pyrrole nitrogens is 1. The molecule has 2 N–H and O–H groups in total. The van der Waals surface area contributed by atoms with Crippen LogP contribution in [0.4, 0.5) is 0 Å². The fraction of sp³-hybridized carbons (Fsp3) is 0.320. The Hall–Kier alpha value is -3.07. The van der Waals surface area contributed by atoms with Gasteiger partial charge in [-0.05, 0) is 17.7 Å².